The number of nitrogens with one attached hydrogen (secondary N) is 1. The molecule has 20 heavy (non-hydrogen) atoms. The predicted molar refractivity (Wildman–Crippen MR) is 73.7 cm³/mol. The van der Waals surface area contributed by atoms with Crippen molar-refractivity contribution in [3.05, 3.63) is 59.4 Å². The number of anilines is 1. The number of carboxylic acids is 1. The lowest BCUT2D eigenvalue weighted by molar-refractivity contribution is 0.0697. The highest BCUT2D eigenvalue weighted by molar-refractivity contribution is 5.87. The Kier molecular flexibility index (Phi) is 4.20. The fourth-order valence-corrected chi connectivity index (χ4v) is 1.77. The minimum Gasteiger partial charge on any atom is -0.494 e. The van der Waals surface area contributed by atoms with E-state index in [1.165, 1.54) is 19.2 Å². The number of hydrogen-bond acceptors (Lipinski definition) is 3. The molecule has 0 aliphatic rings. The number of carbonyl (C=O) groups is 1. The Morgan fingerprint density at radius 3 is 2.55 bits per heavy atom. The SMILES string of the molecule is COc1cc(F)ccc1NCc1ccc(C(=O)O)cc1. The molecule has 0 fully saturated rings. The first kappa shape index (κ1) is 13.9. The van der Waals surface area contributed by atoms with Gasteiger partial charge in [0, 0.05) is 12.6 Å². The molecule has 2 N–H and O–H groups in total. The summed E-state index contributed by atoms with van der Waals surface area (Å²) in [5.41, 5.74) is 1.84. The summed E-state index contributed by atoms with van der Waals surface area (Å²) < 4.78 is 18.1. The summed E-state index contributed by atoms with van der Waals surface area (Å²) in [6, 6.07) is 10.8. The maximum absolute atomic E-state index is 13.1. The molecule has 0 saturated carbocycles. The molecule has 2 aromatic rings. The Hall–Kier alpha value is -2.56. The quantitative estimate of drug-likeness (QED) is 0.880. The Bertz CT molecular complexity index is 611. The Balaban J connectivity index is 2.06. The number of rotatable bonds is 5. The third kappa shape index (κ3) is 3.26. The van der Waals surface area contributed by atoms with Crippen molar-refractivity contribution in [3.63, 3.8) is 0 Å². The van der Waals surface area contributed by atoms with E-state index in [-0.39, 0.29) is 11.4 Å². The van der Waals surface area contributed by atoms with E-state index in [9.17, 15) is 9.18 Å². The van der Waals surface area contributed by atoms with Crippen LogP contribution in [-0.4, -0.2) is 18.2 Å². The molecule has 0 spiro atoms. The van der Waals surface area contributed by atoms with E-state index >= 15 is 0 Å². The predicted octanol–water partition coefficient (Wildman–Crippen LogP) is 3.14. The molecule has 0 aliphatic carbocycles. The first-order valence-electron chi connectivity index (χ1n) is 6.00. The van der Waals surface area contributed by atoms with Crippen molar-refractivity contribution in [2.75, 3.05) is 12.4 Å². The molecule has 2 rings (SSSR count). The second-order valence-electron chi connectivity index (χ2n) is 4.20. The van der Waals surface area contributed by atoms with E-state index < -0.39 is 5.97 Å². The highest BCUT2D eigenvalue weighted by atomic mass is 19.1. The lowest BCUT2D eigenvalue weighted by atomic mass is 10.1. The zero-order valence-corrected chi connectivity index (χ0v) is 10.9. The number of benzene rings is 2. The van der Waals surface area contributed by atoms with Gasteiger partial charge in [0.15, 0.2) is 0 Å². The van der Waals surface area contributed by atoms with Crippen LogP contribution in [0.1, 0.15) is 15.9 Å². The van der Waals surface area contributed by atoms with Gasteiger partial charge in [-0.15, -0.1) is 0 Å². The van der Waals surface area contributed by atoms with E-state index in [1.54, 1.807) is 30.3 Å². The Morgan fingerprint density at radius 2 is 1.95 bits per heavy atom. The number of methoxy groups -OCH3 is 1. The highest BCUT2D eigenvalue weighted by Gasteiger charge is 2.05. The maximum atomic E-state index is 13.1. The molecular formula is C15H14FNO3. The van der Waals surface area contributed by atoms with Crippen LogP contribution < -0.4 is 10.1 Å². The van der Waals surface area contributed by atoms with E-state index in [1.807, 2.05) is 0 Å². The Labute approximate surface area is 115 Å². The molecule has 5 heteroatoms. The lowest BCUT2D eigenvalue weighted by Gasteiger charge is -2.11. The van der Waals surface area contributed by atoms with Gasteiger partial charge in [-0.25, -0.2) is 9.18 Å². The van der Waals surface area contributed by atoms with Crippen molar-refractivity contribution < 1.29 is 19.0 Å². The van der Waals surface area contributed by atoms with Crippen molar-refractivity contribution in [1.29, 1.82) is 0 Å². The standard InChI is InChI=1S/C15H14FNO3/c1-20-14-8-12(16)6-7-13(14)17-9-10-2-4-11(5-3-10)15(18)19/h2-8,17H,9H2,1H3,(H,18,19). The lowest BCUT2D eigenvalue weighted by Crippen LogP contribution is -2.02. The average molecular weight is 275 g/mol. The number of halogens is 1. The van der Waals surface area contributed by atoms with Crippen LogP contribution in [-0.2, 0) is 6.54 Å². The van der Waals surface area contributed by atoms with Crippen LogP contribution in [0.3, 0.4) is 0 Å². The normalized spacial score (nSPS) is 10.1. The van der Waals surface area contributed by atoms with Crippen LogP contribution in [0.5, 0.6) is 5.75 Å². The summed E-state index contributed by atoms with van der Waals surface area (Å²) in [7, 11) is 1.47. The summed E-state index contributed by atoms with van der Waals surface area (Å²) in [6.07, 6.45) is 0. The largest absolute Gasteiger partial charge is 0.494 e. The highest BCUT2D eigenvalue weighted by Crippen LogP contribution is 2.25. The van der Waals surface area contributed by atoms with Crippen LogP contribution in [0.2, 0.25) is 0 Å². The molecule has 0 atom stereocenters. The van der Waals surface area contributed by atoms with Crippen molar-refractivity contribution in [3.8, 4) is 5.75 Å². The van der Waals surface area contributed by atoms with E-state index in [0.29, 0.717) is 18.0 Å². The third-order valence-electron chi connectivity index (χ3n) is 2.85. The van der Waals surface area contributed by atoms with Gasteiger partial charge in [0.1, 0.15) is 11.6 Å². The Morgan fingerprint density at radius 1 is 1.25 bits per heavy atom. The summed E-state index contributed by atoms with van der Waals surface area (Å²) in [5.74, 6) is -0.893. The molecular weight excluding hydrogens is 261 g/mol. The van der Waals surface area contributed by atoms with Gasteiger partial charge >= 0.3 is 5.97 Å². The zero-order valence-electron chi connectivity index (χ0n) is 10.9. The summed E-state index contributed by atoms with van der Waals surface area (Å²) in [6.45, 7) is 0.488. The molecule has 0 radical (unpaired) electrons. The molecule has 0 bridgehead atoms. The van der Waals surface area contributed by atoms with Crippen LogP contribution in [0.15, 0.2) is 42.5 Å². The van der Waals surface area contributed by atoms with Gasteiger partial charge in [0.05, 0.1) is 18.4 Å². The van der Waals surface area contributed by atoms with Gasteiger partial charge in [0.2, 0.25) is 0 Å². The number of hydrogen-bond donors (Lipinski definition) is 2. The third-order valence-corrected chi connectivity index (χ3v) is 2.85. The van der Waals surface area contributed by atoms with Gasteiger partial charge in [-0.2, -0.15) is 0 Å². The molecule has 104 valence electrons. The van der Waals surface area contributed by atoms with Crippen molar-refractivity contribution >= 4 is 11.7 Å². The maximum Gasteiger partial charge on any atom is 0.335 e. The molecule has 0 heterocycles. The zero-order chi connectivity index (χ0) is 14.5. The van der Waals surface area contributed by atoms with Gasteiger partial charge in [-0.3, -0.25) is 0 Å². The molecule has 0 saturated heterocycles. The van der Waals surface area contributed by atoms with E-state index in [2.05, 4.69) is 5.32 Å². The number of ether oxygens (including phenoxy) is 1. The van der Waals surface area contributed by atoms with Crippen LogP contribution in [0.25, 0.3) is 0 Å². The molecule has 0 unspecified atom stereocenters. The number of aromatic carboxylic acids is 1. The summed E-state index contributed by atoms with van der Waals surface area (Å²) >= 11 is 0. The van der Waals surface area contributed by atoms with Crippen LogP contribution in [0, 0.1) is 5.82 Å². The van der Waals surface area contributed by atoms with Crippen molar-refractivity contribution in [2.24, 2.45) is 0 Å². The molecule has 4 nitrogen and oxygen atoms in total. The van der Waals surface area contributed by atoms with Crippen LogP contribution in [0.4, 0.5) is 10.1 Å². The molecule has 0 aromatic heterocycles. The fraction of sp³-hybridized carbons (Fsp3) is 0.133. The first-order valence-corrected chi connectivity index (χ1v) is 6.00. The van der Waals surface area contributed by atoms with E-state index in [0.717, 1.165) is 5.56 Å². The van der Waals surface area contributed by atoms with Gasteiger partial charge in [0.25, 0.3) is 0 Å². The van der Waals surface area contributed by atoms with Crippen LogP contribution >= 0.6 is 0 Å². The topological polar surface area (TPSA) is 58.6 Å². The molecule has 0 aliphatic heterocycles. The fourth-order valence-electron chi connectivity index (χ4n) is 1.77. The first-order chi connectivity index (χ1) is 9.60. The summed E-state index contributed by atoms with van der Waals surface area (Å²) in [5, 5.41) is 11.9. The second kappa shape index (κ2) is 6.06. The van der Waals surface area contributed by atoms with Gasteiger partial charge < -0.3 is 15.2 Å². The monoisotopic (exact) mass is 275 g/mol. The van der Waals surface area contributed by atoms with Crippen molar-refractivity contribution in [2.45, 2.75) is 6.54 Å². The smallest absolute Gasteiger partial charge is 0.335 e. The van der Waals surface area contributed by atoms with E-state index in [4.69, 9.17) is 9.84 Å². The minimum absolute atomic E-state index is 0.244. The van der Waals surface area contributed by atoms with Gasteiger partial charge in [-0.1, -0.05) is 12.1 Å². The van der Waals surface area contributed by atoms with Crippen molar-refractivity contribution in [1.82, 2.24) is 0 Å². The minimum atomic E-state index is -0.954. The second-order valence-corrected chi connectivity index (χ2v) is 4.20. The number of carboxylic acid groups (broad SMARTS) is 1. The summed E-state index contributed by atoms with van der Waals surface area (Å²) in [4.78, 5) is 10.7. The molecule has 2 aromatic carbocycles. The molecule has 0 amide bonds. The average Bonchev–Trinajstić information content (AvgIpc) is 2.46. The van der Waals surface area contributed by atoms with Gasteiger partial charge in [-0.05, 0) is 29.8 Å².